The van der Waals surface area contributed by atoms with E-state index in [-0.39, 0.29) is 24.2 Å². The number of rotatable bonds is 4. The SMILES string of the molecule is CC(C)(C)CN1C[C@@H](CCO)O[C@H](c2cccc3c2OCCO3)c2cc(Cl)ccc21. The summed E-state index contributed by atoms with van der Waals surface area (Å²) in [5.74, 6) is 1.46. The second-order valence-electron chi connectivity index (χ2n) is 9.17. The minimum absolute atomic E-state index is 0.0738. The first-order valence-corrected chi connectivity index (χ1v) is 10.9. The summed E-state index contributed by atoms with van der Waals surface area (Å²) in [5, 5.41) is 10.3. The Morgan fingerprint density at radius 3 is 2.67 bits per heavy atom. The molecule has 2 aromatic carbocycles. The van der Waals surface area contributed by atoms with Gasteiger partial charge in [0.25, 0.3) is 0 Å². The first-order valence-electron chi connectivity index (χ1n) is 10.5. The van der Waals surface area contributed by atoms with Gasteiger partial charge in [0.2, 0.25) is 0 Å². The van der Waals surface area contributed by atoms with E-state index in [1.807, 2.05) is 30.3 Å². The third kappa shape index (κ3) is 4.53. The Labute approximate surface area is 183 Å². The monoisotopic (exact) mass is 431 g/mol. The third-order valence-corrected chi connectivity index (χ3v) is 5.60. The van der Waals surface area contributed by atoms with Gasteiger partial charge in [-0.05, 0) is 36.1 Å². The van der Waals surface area contributed by atoms with Crippen LogP contribution in [0.2, 0.25) is 5.02 Å². The van der Waals surface area contributed by atoms with Crippen molar-refractivity contribution in [3.8, 4) is 11.5 Å². The second kappa shape index (κ2) is 8.66. The molecule has 0 aliphatic carbocycles. The Bertz CT molecular complexity index is 895. The van der Waals surface area contributed by atoms with Crippen LogP contribution in [0.1, 0.15) is 44.4 Å². The van der Waals surface area contributed by atoms with Crippen molar-refractivity contribution in [3.63, 3.8) is 0 Å². The van der Waals surface area contributed by atoms with E-state index in [1.54, 1.807) is 0 Å². The van der Waals surface area contributed by atoms with E-state index in [0.717, 1.165) is 34.9 Å². The highest BCUT2D eigenvalue weighted by Crippen LogP contribution is 2.46. The number of nitrogens with zero attached hydrogens (tertiary/aromatic N) is 1. The molecule has 5 nitrogen and oxygen atoms in total. The van der Waals surface area contributed by atoms with Crippen LogP contribution in [-0.4, -0.2) is 44.1 Å². The van der Waals surface area contributed by atoms with Crippen LogP contribution in [0.3, 0.4) is 0 Å². The number of aliphatic hydroxyl groups excluding tert-OH is 1. The first kappa shape index (κ1) is 21.3. The summed E-state index contributed by atoms with van der Waals surface area (Å²) < 4.78 is 18.4. The van der Waals surface area contributed by atoms with Crippen LogP contribution < -0.4 is 14.4 Å². The standard InChI is InChI=1S/C24H30ClNO4/c1-24(2,3)15-26-14-17(9-10-27)30-22(19-13-16(25)7-8-20(19)26)18-5-4-6-21-23(18)29-12-11-28-21/h4-8,13,17,22,27H,9-12,14-15H2,1-3H3/t17-,22-/m1/s1. The molecule has 30 heavy (non-hydrogen) atoms. The number of ether oxygens (including phenoxy) is 3. The number of hydrogen-bond acceptors (Lipinski definition) is 5. The van der Waals surface area contributed by atoms with Crippen molar-refractivity contribution < 1.29 is 19.3 Å². The molecule has 4 rings (SSSR count). The predicted octanol–water partition coefficient (Wildman–Crippen LogP) is 4.83. The molecule has 0 saturated carbocycles. The molecule has 2 aliphatic heterocycles. The molecule has 0 saturated heterocycles. The fourth-order valence-electron chi connectivity index (χ4n) is 4.25. The van der Waals surface area contributed by atoms with Gasteiger partial charge in [-0.3, -0.25) is 0 Å². The molecule has 162 valence electrons. The van der Waals surface area contributed by atoms with E-state index in [2.05, 4.69) is 31.7 Å². The third-order valence-electron chi connectivity index (χ3n) is 5.36. The number of benzene rings is 2. The lowest BCUT2D eigenvalue weighted by Gasteiger charge is -2.33. The molecule has 2 aliphatic rings. The molecule has 0 bridgehead atoms. The molecule has 2 atom stereocenters. The minimum Gasteiger partial charge on any atom is -0.486 e. The average Bonchev–Trinajstić information content (AvgIpc) is 2.83. The zero-order valence-electron chi connectivity index (χ0n) is 17.9. The molecule has 2 heterocycles. The molecule has 1 N–H and O–H groups in total. The Morgan fingerprint density at radius 1 is 1.10 bits per heavy atom. The molecule has 0 aromatic heterocycles. The predicted molar refractivity (Wildman–Crippen MR) is 119 cm³/mol. The van der Waals surface area contributed by atoms with Gasteiger partial charge in [-0.15, -0.1) is 0 Å². The highest BCUT2D eigenvalue weighted by Gasteiger charge is 2.34. The molecule has 0 spiro atoms. The van der Waals surface area contributed by atoms with E-state index in [1.165, 1.54) is 0 Å². The molecule has 6 heteroatoms. The van der Waals surface area contributed by atoms with Gasteiger partial charge >= 0.3 is 0 Å². The smallest absolute Gasteiger partial charge is 0.167 e. The largest absolute Gasteiger partial charge is 0.486 e. The summed E-state index contributed by atoms with van der Waals surface area (Å²) in [6, 6.07) is 11.9. The van der Waals surface area contributed by atoms with Crippen molar-refractivity contribution in [2.75, 3.05) is 37.8 Å². The maximum Gasteiger partial charge on any atom is 0.167 e. The maximum atomic E-state index is 9.67. The van der Waals surface area contributed by atoms with Gasteiger partial charge in [-0.1, -0.05) is 44.5 Å². The van der Waals surface area contributed by atoms with Crippen LogP contribution in [0.25, 0.3) is 0 Å². The van der Waals surface area contributed by atoms with Crippen LogP contribution in [0, 0.1) is 5.41 Å². The van der Waals surface area contributed by atoms with Crippen molar-refractivity contribution in [3.05, 3.63) is 52.5 Å². The number of hydrogen-bond donors (Lipinski definition) is 1. The van der Waals surface area contributed by atoms with E-state index in [4.69, 9.17) is 25.8 Å². The maximum absolute atomic E-state index is 9.67. The van der Waals surface area contributed by atoms with Crippen molar-refractivity contribution in [2.45, 2.75) is 39.4 Å². The number of para-hydroxylation sites is 1. The van der Waals surface area contributed by atoms with Gasteiger partial charge in [0.15, 0.2) is 11.5 Å². The number of fused-ring (bicyclic) bond motifs is 2. The van der Waals surface area contributed by atoms with Gasteiger partial charge in [0.05, 0.1) is 6.10 Å². The Balaban J connectivity index is 1.84. The van der Waals surface area contributed by atoms with Crippen LogP contribution in [0.5, 0.6) is 11.5 Å². The fourth-order valence-corrected chi connectivity index (χ4v) is 4.43. The van der Waals surface area contributed by atoms with Crippen molar-refractivity contribution in [1.82, 2.24) is 0 Å². The van der Waals surface area contributed by atoms with Crippen LogP contribution in [0.15, 0.2) is 36.4 Å². The van der Waals surface area contributed by atoms with E-state index in [0.29, 0.717) is 31.2 Å². The van der Waals surface area contributed by atoms with Crippen LogP contribution in [-0.2, 0) is 4.74 Å². The van der Waals surface area contributed by atoms with Crippen LogP contribution >= 0.6 is 11.6 Å². The summed E-state index contributed by atoms with van der Waals surface area (Å²) in [4.78, 5) is 2.36. The van der Waals surface area contributed by atoms with Gasteiger partial charge in [-0.25, -0.2) is 0 Å². The molecule has 2 aromatic rings. The van der Waals surface area contributed by atoms with Crippen molar-refractivity contribution in [1.29, 1.82) is 0 Å². The Morgan fingerprint density at radius 2 is 1.90 bits per heavy atom. The Hall–Kier alpha value is -1.95. The summed E-state index contributed by atoms with van der Waals surface area (Å²) >= 11 is 6.43. The lowest BCUT2D eigenvalue weighted by atomic mass is 9.94. The topological polar surface area (TPSA) is 51.2 Å². The van der Waals surface area contributed by atoms with Crippen LogP contribution in [0.4, 0.5) is 5.69 Å². The zero-order valence-corrected chi connectivity index (χ0v) is 18.6. The van der Waals surface area contributed by atoms with Gasteiger partial charge in [0.1, 0.15) is 19.3 Å². The second-order valence-corrected chi connectivity index (χ2v) is 9.60. The molecule has 0 amide bonds. The average molecular weight is 432 g/mol. The molecule has 0 unspecified atom stereocenters. The summed E-state index contributed by atoms with van der Waals surface area (Å²) in [5.41, 5.74) is 3.14. The quantitative estimate of drug-likeness (QED) is 0.751. The van der Waals surface area contributed by atoms with E-state index < -0.39 is 0 Å². The van der Waals surface area contributed by atoms with E-state index in [9.17, 15) is 5.11 Å². The highest BCUT2D eigenvalue weighted by atomic mass is 35.5. The lowest BCUT2D eigenvalue weighted by Crippen LogP contribution is -2.38. The summed E-state index contributed by atoms with van der Waals surface area (Å²) in [6.45, 7) is 9.38. The van der Waals surface area contributed by atoms with Gasteiger partial charge in [-0.2, -0.15) is 0 Å². The van der Waals surface area contributed by atoms with Gasteiger partial charge in [0, 0.05) is 41.5 Å². The number of aliphatic hydroxyl groups is 1. The minimum atomic E-state index is -0.364. The molecule has 0 radical (unpaired) electrons. The normalized spacial score (nSPS) is 21.2. The molecule has 0 fully saturated rings. The van der Waals surface area contributed by atoms with E-state index >= 15 is 0 Å². The Kier molecular flexibility index (Phi) is 6.14. The number of halogens is 1. The fraction of sp³-hybridized carbons (Fsp3) is 0.500. The molecular formula is C24H30ClNO4. The highest BCUT2D eigenvalue weighted by molar-refractivity contribution is 6.30. The summed E-state index contributed by atoms with van der Waals surface area (Å²) in [7, 11) is 0. The summed E-state index contributed by atoms with van der Waals surface area (Å²) in [6.07, 6.45) is 0.0661. The van der Waals surface area contributed by atoms with Crippen molar-refractivity contribution >= 4 is 17.3 Å². The van der Waals surface area contributed by atoms with Gasteiger partial charge < -0.3 is 24.2 Å². The van der Waals surface area contributed by atoms with Crippen molar-refractivity contribution in [2.24, 2.45) is 5.41 Å². The zero-order chi connectivity index (χ0) is 21.3. The first-order chi connectivity index (χ1) is 14.4. The lowest BCUT2D eigenvalue weighted by molar-refractivity contribution is 0.00172. The molecular weight excluding hydrogens is 402 g/mol. The number of anilines is 1.